The third-order valence-corrected chi connectivity index (χ3v) is 5.93. The van der Waals surface area contributed by atoms with Gasteiger partial charge in [-0.1, -0.05) is 11.6 Å². The standard InChI is InChI=1S/C15H18BClO2S/c1-9-11-8-10(17)6-7-12(11)20-13(9)16-18-14(2,3)15(4,5)19-16/h6-8H,1-5H3. The maximum Gasteiger partial charge on any atom is 0.505 e. The van der Waals surface area contributed by atoms with Crippen LogP contribution in [0, 0.1) is 6.92 Å². The van der Waals surface area contributed by atoms with E-state index in [1.165, 1.54) is 15.6 Å². The molecule has 1 aliphatic heterocycles. The first-order valence-corrected chi connectivity index (χ1v) is 7.95. The Morgan fingerprint density at radius 3 is 2.30 bits per heavy atom. The Hall–Kier alpha value is -0.545. The van der Waals surface area contributed by atoms with Crippen LogP contribution in [0.4, 0.5) is 0 Å². The van der Waals surface area contributed by atoms with Crippen molar-refractivity contribution < 1.29 is 9.31 Å². The molecule has 5 heteroatoms. The number of fused-ring (bicyclic) bond motifs is 1. The number of hydrogen-bond donors (Lipinski definition) is 0. The van der Waals surface area contributed by atoms with Crippen LogP contribution >= 0.6 is 22.9 Å². The van der Waals surface area contributed by atoms with Crippen molar-refractivity contribution in [1.82, 2.24) is 0 Å². The monoisotopic (exact) mass is 308 g/mol. The molecule has 106 valence electrons. The van der Waals surface area contributed by atoms with Gasteiger partial charge in [-0.3, -0.25) is 0 Å². The summed E-state index contributed by atoms with van der Waals surface area (Å²) in [6.45, 7) is 10.4. The first kappa shape index (κ1) is 14.4. The lowest BCUT2D eigenvalue weighted by Crippen LogP contribution is -2.41. The van der Waals surface area contributed by atoms with Crippen molar-refractivity contribution in [3.63, 3.8) is 0 Å². The molecule has 1 aromatic carbocycles. The quantitative estimate of drug-likeness (QED) is 0.736. The lowest BCUT2D eigenvalue weighted by molar-refractivity contribution is 0.00578. The SMILES string of the molecule is Cc1c(B2OC(C)(C)C(C)(C)O2)sc2ccc(Cl)cc12. The number of aryl methyl sites for hydroxylation is 1. The van der Waals surface area contributed by atoms with E-state index in [2.05, 4.69) is 40.7 Å². The topological polar surface area (TPSA) is 18.5 Å². The van der Waals surface area contributed by atoms with E-state index in [-0.39, 0.29) is 18.3 Å². The summed E-state index contributed by atoms with van der Waals surface area (Å²) in [5.41, 5.74) is 0.585. The predicted molar refractivity (Wildman–Crippen MR) is 87.3 cm³/mol. The fraction of sp³-hybridized carbons (Fsp3) is 0.467. The van der Waals surface area contributed by atoms with E-state index in [1.54, 1.807) is 11.3 Å². The van der Waals surface area contributed by atoms with Crippen molar-refractivity contribution in [3.8, 4) is 0 Å². The van der Waals surface area contributed by atoms with Crippen LogP contribution in [-0.4, -0.2) is 18.3 Å². The molecule has 0 saturated carbocycles. The summed E-state index contributed by atoms with van der Waals surface area (Å²) < 4.78 is 14.7. The van der Waals surface area contributed by atoms with Gasteiger partial charge >= 0.3 is 7.12 Å². The molecule has 3 rings (SSSR count). The summed E-state index contributed by atoms with van der Waals surface area (Å²) in [4.78, 5) is 0. The first-order valence-electron chi connectivity index (χ1n) is 6.75. The van der Waals surface area contributed by atoms with E-state index in [4.69, 9.17) is 20.9 Å². The average Bonchev–Trinajstić information content (AvgIpc) is 2.75. The average molecular weight is 309 g/mol. The molecule has 0 amide bonds. The molecule has 0 radical (unpaired) electrons. The van der Waals surface area contributed by atoms with Gasteiger partial charge in [-0.2, -0.15) is 0 Å². The normalized spacial score (nSPS) is 20.8. The minimum absolute atomic E-state index is 0.295. The fourth-order valence-corrected chi connectivity index (χ4v) is 3.71. The van der Waals surface area contributed by atoms with Gasteiger partial charge < -0.3 is 9.31 Å². The molecule has 1 aliphatic rings. The molecule has 2 heterocycles. The van der Waals surface area contributed by atoms with Crippen LogP contribution < -0.4 is 4.78 Å². The Morgan fingerprint density at radius 1 is 1.10 bits per heavy atom. The first-order chi connectivity index (χ1) is 9.21. The fourth-order valence-electron chi connectivity index (χ4n) is 2.39. The Labute approximate surface area is 129 Å². The van der Waals surface area contributed by atoms with Gasteiger partial charge in [0.1, 0.15) is 0 Å². The van der Waals surface area contributed by atoms with Crippen LogP contribution in [0.3, 0.4) is 0 Å². The Kier molecular flexibility index (Phi) is 3.22. The molecule has 2 nitrogen and oxygen atoms in total. The zero-order valence-corrected chi connectivity index (χ0v) is 14.0. The minimum Gasteiger partial charge on any atom is -0.399 e. The second kappa shape index (κ2) is 4.47. The molecular formula is C15H18BClO2S. The number of rotatable bonds is 1. The zero-order valence-electron chi connectivity index (χ0n) is 12.4. The van der Waals surface area contributed by atoms with Crippen molar-refractivity contribution in [2.24, 2.45) is 0 Å². The Bertz CT molecular complexity index is 662. The number of halogens is 1. The molecule has 0 atom stereocenters. The van der Waals surface area contributed by atoms with Crippen molar-refractivity contribution in [2.45, 2.75) is 45.8 Å². The molecule has 0 unspecified atom stereocenters. The molecule has 2 aromatic rings. The van der Waals surface area contributed by atoms with Gasteiger partial charge in [-0.15, -0.1) is 11.3 Å². The smallest absolute Gasteiger partial charge is 0.399 e. The number of benzene rings is 1. The molecule has 1 saturated heterocycles. The Balaban J connectivity index is 2.06. The predicted octanol–water partition coefficient (Wildman–Crippen LogP) is 4.16. The highest BCUT2D eigenvalue weighted by Crippen LogP contribution is 2.38. The second-order valence-electron chi connectivity index (χ2n) is 6.32. The van der Waals surface area contributed by atoms with Crippen molar-refractivity contribution in [1.29, 1.82) is 0 Å². The minimum atomic E-state index is -0.308. The molecule has 0 bridgehead atoms. The lowest BCUT2D eigenvalue weighted by Gasteiger charge is -2.32. The summed E-state index contributed by atoms with van der Waals surface area (Å²) in [5.74, 6) is 0. The van der Waals surface area contributed by atoms with Crippen LogP contribution in [0.25, 0.3) is 10.1 Å². The zero-order chi connectivity index (χ0) is 14.7. The highest BCUT2D eigenvalue weighted by atomic mass is 35.5. The van der Waals surface area contributed by atoms with E-state index >= 15 is 0 Å². The van der Waals surface area contributed by atoms with Crippen molar-refractivity contribution in [2.75, 3.05) is 0 Å². The molecule has 0 N–H and O–H groups in total. The summed E-state index contributed by atoms with van der Waals surface area (Å²) >= 11 is 7.82. The molecule has 0 aliphatic carbocycles. The van der Waals surface area contributed by atoms with Crippen LogP contribution in [0.2, 0.25) is 5.02 Å². The lowest BCUT2D eigenvalue weighted by atomic mass is 9.84. The summed E-state index contributed by atoms with van der Waals surface area (Å²) in [5, 5.41) is 1.95. The van der Waals surface area contributed by atoms with Gasteiger partial charge in [0.2, 0.25) is 0 Å². The van der Waals surface area contributed by atoms with Crippen molar-refractivity contribution >= 4 is 44.9 Å². The highest BCUT2D eigenvalue weighted by molar-refractivity contribution is 7.28. The van der Waals surface area contributed by atoms with E-state index in [1.807, 2.05) is 12.1 Å². The molecule has 20 heavy (non-hydrogen) atoms. The van der Waals surface area contributed by atoms with Gasteiger partial charge in [-0.05, 0) is 63.8 Å². The van der Waals surface area contributed by atoms with Crippen LogP contribution in [-0.2, 0) is 9.31 Å². The molecule has 0 spiro atoms. The summed E-state index contributed by atoms with van der Waals surface area (Å²) in [6, 6.07) is 6.00. The summed E-state index contributed by atoms with van der Waals surface area (Å²) in [6.07, 6.45) is 0. The van der Waals surface area contributed by atoms with Gasteiger partial charge in [0.05, 0.1) is 11.2 Å². The summed E-state index contributed by atoms with van der Waals surface area (Å²) in [7, 11) is -0.295. The van der Waals surface area contributed by atoms with E-state index < -0.39 is 0 Å². The van der Waals surface area contributed by atoms with Crippen LogP contribution in [0.15, 0.2) is 18.2 Å². The third-order valence-electron chi connectivity index (χ3n) is 4.40. The largest absolute Gasteiger partial charge is 0.505 e. The van der Waals surface area contributed by atoms with Crippen LogP contribution in [0.1, 0.15) is 33.3 Å². The maximum absolute atomic E-state index is 6.15. The van der Waals surface area contributed by atoms with E-state index in [0.717, 1.165) is 9.80 Å². The van der Waals surface area contributed by atoms with E-state index in [0.29, 0.717) is 0 Å². The van der Waals surface area contributed by atoms with Gasteiger partial charge in [0.15, 0.2) is 0 Å². The molecular weight excluding hydrogens is 290 g/mol. The van der Waals surface area contributed by atoms with E-state index in [9.17, 15) is 0 Å². The number of hydrogen-bond acceptors (Lipinski definition) is 3. The Morgan fingerprint density at radius 2 is 1.70 bits per heavy atom. The van der Waals surface area contributed by atoms with Gasteiger partial charge in [0.25, 0.3) is 0 Å². The number of thiophene rings is 1. The van der Waals surface area contributed by atoms with Gasteiger partial charge in [0, 0.05) is 14.5 Å². The van der Waals surface area contributed by atoms with Gasteiger partial charge in [-0.25, -0.2) is 0 Å². The van der Waals surface area contributed by atoms with Crippen molar-refractivity contribution in [3.05, 3.63) is 28.8 Å². The molecule has 1 fully saturated rings. The molecule has 1 aromatic heterocycles. The second-order valence-corrected chi connectivity index (χ2v) is 7.84. The maximum atomic E-state index is 6.15. The third kappa shape index (κ3) is 2.10. The highest BCUT2D eigenvalue weighted by Gasteiger charge is 2.52. The van der Waals surface area contributed by atoms with Crippen LogP contribution in [0.5, 0.6) is 0 Å².